The van der Waals surface area contributed by atoms with Gasteiger partial charge >= 0.3 is 0 Å². The molecule has 0 aliphatic heterocycles. The van der Waals surface area contributed by atoms with Crippen molar-refractivity contribution < 1.29 is 4.79 Å². The van der Waals surface area contributed by atoms with Crippen LogP contribution in [0, 0.1) is 25.2 Å². The molecule has 0 unspecified atom stereocenters. The highest BCUT2D eigenvalue weighted by atomic mass is 32.2. The Kier molecular flexibility index (Phi) is 5.60. The Bertz CT molecular complexity index is 1380. The first-order valence-corrected chi connectivity index (χ1v) is 10.6. The van der Waals surface area contributed by atoms with Crippen LogP contribution in [-0.4, -0.2) is 26.2 Å². The van der Waals surface area contributed by atoms with Crippen molar-refractivity contribution in [3.05, 3.63) is 81.9 Å². The molecule has 4 aromatic rings. The van der Waals surface area contributed by atoms with Gasteiger partial charge in [0.1, 0.15) is 11.9 Å². The molecule has 0 atom stereocenters. The number of H-pyrrole nitrogens is 1. The van der Waals surface area contributed by atoms with Gasteiger partial charge in [0.05, 0.1) is 27.4 Å². The zero-order valence-corrected chi connectivity index (χ0v) is 17.8. The predicted octanol–water partition coefficient (Wildman–Crippen LogP) is 3.93. The van der Waals surface area contributed by atoms with Gasteiger partial charge < -0.3 is 10.3 Å². The maximum Gasteiger partial charge on any atom is 0.249 e. The molecule has 1 amide bonds. The minimum atomic E-state index is -0.297. The third-order valence-corrected chi connectivity index (χ3v) is 5.79. The third kappa shape index (κ3) is 4.22. The van der Waals surface area contributed by atoms with Gasteiger partial charge in [0, 0.05) is 17.4 Å². The number of nitriles is 1. The van der Waals surface area contributed by atoms with Crippen LogP contribution in [0.2, 0.25) is 0 Å². The molecule has 0 saturated heterocycles. The van der Waals surface area contributed by atoms with Crippen molar-refractivity contribution in [2.24, 2.45) is 0 Å². The number of thioether (sulfide) groups is 1. The molecule has 0 bridgehead atoms. The van der Waals surface area contributed by atoms with Gasteiger partial charge in [-0.25, -0.2) is 4.98 Å². The van der Waals surface area contributed by atoms with Crippen LogP contribution in [0.1, 0.15) is 17.0 Å². The molecule has 2 aromatic heterocycles. The number of amides is 1. The SMILES string of the molecule is Cc1cc(=O)[nH]c(SCC(=O)Nc2ccc3c(c2)nc(C)n3-c2ccccc2)c1C#N. The number of anilines is 1. The number of fused-ring (bicyclic) bond motifs is 1. The highest BCUT2D eigenvalue weighted by molar-refractivity contribution is 8.00. The van der Waals surface area contributed by atoms with Crippen LogP contribution < -0.4 is 10.9 Å². The second kappa shape index (κ2) is 8.50. The zero-order valence-electron chi connectivity index (χ0n) is 17.0. The molecule has 2 heterocycles. The van der Waals surface area contributed by atoms with Crippen molar-refractivity contribution >= 4 is 34.4 Å². The van der Waals surface area contributed by atoms with Crippen molar-refractivity contribution in [3.8, 4) is 11.8 Å². The first-order chi connectivity index (χ1) is 15.0. The lowest BCUT2D eigenvalue weighted by molar-refractivity contribution is -0.113. The van der Waals surface area contributed by atoms with Crippen LogP contribution in [-0.2, 0) is 4.79 Å². The number of imidazole rings is 1. The number of nitrogens with one attached hydrogen (secondary N) is 2. The van der Waals surface area contributed by atoms with Gasteiger partial charge in [-0.05, 0) is 49.7 Å². The first-order valence-electron chi connectivity index (χ1n) is 9.57. The summed E-state index contributed by atoms with van der Waals surface area (Å²) in [6.45, 7) is 3.64. The molecule has 4 rings (SSSR count). The zero-order chi connectivity index (χ0) is 22.0. The van der Waals surface area contributed by atoms with E-state index >= 15 is 0 Å². The number of aromatic nitrogens is 3. The average molecular weight is 430 g/mol. The molecular weight excluding hydrogens is 410 g/mol. The number of para-hydroxylation sites is 1. The van der Waals surface area contributed by atoms with E-state index in [0.29, 0.717) is 21.8 Å². The van der Waals surface area contributed by atoms with Crippen molar-refractivity contribution in [2.75, 3.05) is 11.1 Å². The number of hydrogen-bond acceptors (Lipinski definition) is 5. The molecule has 0 spiro atoms. The number of nitrogens with zero attached hydrogens (tertiary/aromatic N) is 3. The monoisotopic (exact) mass is 429 g/mol. The summed E-state index contributed by atoms with van der Waals surface area (Å²) in [6, 6.07) is 19.0. The molecule has 0 aliphatic carbocycles. The molecule has 7 nitrogen and oxygen atoms in total. The van der Waals surface area contributed by atoms with Crippen molar-refractivity contribution in [3.63, 3.8) is 0 Å². The molecule has 8 heteroatoms. The largest absolute Gasteiger partial charge is 0.325 e. The van der Waals surface area contributed by atoms with Crippen LogP contribution in [0.5, 0.6) is 0 Å². The van der Waals surface area contributed by atoms with E-state index in [4.69, 9.17) is 0 Å². The maximum atomic E-state index is 12.5. The van der Waals surface area contributed by atoms with Gasteiger partial charge in [0.2, 0.25) is 11.5 Å². The second-order valence-corrected chi connectivity index (χ2v) is 7.99. The number of carbonyl (C=O) groups excluding carboxylic acids is 1. The number of aryl methyl sites for hydroxylation is 2. The van der Waals surface area contributed by atoms with Gasteiger partial charge in [-0.3, -0.25) is 14.2 Å². The fourth-order valence-corrected chi connectivity index (χ4v) is 4.29. The third-order valence-electron chi connectivity index (χ3n) is 4.79. The molecule has 31 heavy (non-hydrogen) atoms. The maximum absolute atomic E-state index is 12.5. The van der Waals surface area contributed by atoms with Gasteiger partial charge in [0.25, 0.3) is 0 Å². The van der Waals surface area contributed by atoms with Crippen LogP contribution in [0.4, 0.5) is 5.69 Å². The van der Waals surface area contributed by atoms with Crippen LogP contribution >= 0.6 is 11.8 Å². The topological polar surface area (TPSA) is 104 Å². The Morgan fingerprint density at radius 3 is 2.71 bits per heavy atom. The summed E-state index contributed by atoms with van der Waals surface area (Å²) in [6.07, 6.45) is 0. The lowest BCUT2D eigenvalue weighted by atomic mass is 10.2. The van der Waals surface area contributed by atoms with Crippen LogP contribution in [0.3, 0.4) is 0 Å². The predicted molar refractivity (Wildman–Crippen MR) is 122 cm³/mol. The Labute approximate surface area is 182 Å². The molecular formula is C23H19N5O2S. The molecule has 154 valence electrons. The highest BCUT2D eigenvalue weighted by Gasteiger charge is 2.13. The summed E-state index contributed by atoms with van der Waals surface area (Å²) in [7, 11) is 0. The van der Waals surface area contributed by atoms with Crippen LogP contribution in [0.25, 0.3) is 16.7 Å². The van der Waals surface area contributed by atoms with Crippen molar-refractivity contribution in [1.82, 2.24) is 14.5 Å². The summed E-state index contributed by atoms with van der Waals surface area (Å²) in [5.41, 5.74) is 4.05. The van der Waals surface area contributed by atoms with E-state index in [2.05, 4.69) is 25.9 Å². The quantitative estimate of drug-likeness (QED) is 0.468. The van der Waals surface area contributed by atoms with Gasteiger partial charge in [-0.1, -0.05) is 30.0 Å². The minimum Gasteiger partial charge on any atom is -0.325 e. The molecule has 2 aromatic carbocycles. The summed E-state index contributed by atoms with van der Waals surface area (Å²) < 4.78 is 2.06. The van der Waals surface area contributed by atoms with Gasteiger partial charge in [-0.15, -0.1) is 0 Å². The molecule has 0 fully saturated rings. The normalized spacial score (nSPS) is 10.7. The molecule has 2 N–H and O–H groups in total. The smallest absolute Gasteiger partial charge is 0.249 e. The Hall–Kier alpha value is -3.83. The van der Waals surface area contributed by atoms with Gasteiger partial charge in [0.15, 0.2) is 0 Å². The Morgan fingerprint density at radius 2 is 1.97 bits per heavy atom. The number of hydrogen-bond donors (Lipinski definition) is 2. The first kappa shape index (κ1) is 20.4. The second-order valence-electron chi connectivity index (χ2n) is 7.00. The number of benzene rings is 2. The van der Waals surface area contributed by atoms with E-state index < -0.39 is 0 Å². The fourth-order valence-electron chi connectivity index (χ4n) is 3.42. The van der Waals surface area contributed by atoms with E-state index in [1.807, 2.05) is 55.5 Å². The Morgan fingerprint density at radius 1 is 1.19 bits per heavy atom. The lowest BCUT2D eigenvalue weighted by Crippen LogP contribution is -2.15. The summed E-state index contributed by atoms with van der Waals surface area (Å²) in [5, 5.41) is 12.6. The van der Waals surface area contributed by atoms with E-state index in [0.717, 1.165) is 34.3 Å². The van der Waals surface area contributed by atoms with E-state index in [1.54, 1.807) is 6.92 Å². The number of carbonyl (C=O) groups is 1. The number of aromatic amines is 1. The van der Waals surface area contributed by atoms with E-state index in [-0.39, 0.29) is 17.2 Å². The van der Waals surface area contributed by atoms with Gasteiger partial charge in [-0.2, -0.15) is 5.26 Å². The molecule has 0 radical (unpaired) electrons. The number of pyridine rings is 1. The summed E-state index contributed by atoms with van der Waals surface area (Å²) >= 11 is 1.12. The lowest BCUT2D eigenvalue weighted by Gasteiger charge is -2.08. The molecule has 0 aliphatic rings. The van der Waals surface area contributed by atoms with E-state index in [9.17, 15) is 14.9 Å². The fraction of sp³-hybridized carbons (Fsp3) is 0.130. The van der Waals surface area contributed by atoms with E-state index in [1.165, 1.54) is 6.07 Å². The minimum absolute atomic E-state index is 0.0591. The summed E-state index contributed by atoms with van der Waals surface area (Å²) in [5.74, 6) is 0.673. The van der Waals surface area contributed by atoms with Crippen molar-refractivity contribution in [2.45, 2.75) is 18.9 Å². The number of rotatable bonds is 5. The Balaban J connectivity index is 1.51. The standard InChI is InChI=1S/C23H19N5O2S/c1-14-10-21(29)27-23(18(14)12-24)31-13-22(30)26-16-8-9-20-19(11-16)25-15(2)28(20)17-6-4-3-5-7-17/h3-11H,13H2,1-2H3,(H,26,30)(H,27,29). The van der Waals surface area contributed by atoms with Crippen molar-refractivity contribution in [1.29, 1.82) is 5.26 Å². The average Bonchev–Trinajstić information content (AvgIpc) is 3.07. The summed E-state index contributed by atoms with van der Waals surface area (Å²) in [4.78, 5) is 31.4. The molecule has 0 saturated carbocycles. The van der Waals surface area contributed by atoms with Crippen LogP contribution in [0.15, 0.2) is 64.4 Å². The highest BCUT2D eigenvalue weighted by Crippen LogP contribution is 2.25.